The number of halogens is 1. The molecule has 0 aliphatic heterocycles. The summed E-state index contributed by atoms with van der Waals surface area (Å²) in [6.45, 7) is 8.24. The summed E-state index contributed by atoms with van der Waals surface area (Å²) in [4.78, 5) is 25.6. The Kier molecular flexibility index (Phi) is 9.74. The standard InChI is InChI=1S/C31H41FO5/c1-5-36-27-17-24(18-28(22(27)3)37-6-2)16-25(15-11-10-14-23-12-8-7-9-13-23)26(33)19-31(29(34)35)20-30(4,32)21-31/h7-9,12-13,17-18,25H,5-6,10-11,14-16,19-21H2,1-4H3,(H,34,35). The van der Waals surface area contributed by atoms with Gasteiger partial charge in [0.05, 0.1) is 18.6 Å². The number of hydrogen-bond donors (Lipinski definition) is 1. The average Bonchev–Trinajstić information content (AvgIpc) is 2.83. The number of benzene rings is 2. The van der Waals surface area contributed by atoms with Gasteiger partial charge >= 0.3 is 5.97 Å². The van der Waals surface area contributed by atoms with Crippen LogP contribution in [0.5, 0.6) is 11.5 Å². The van der Waals surface area contributed by atoms with Crippen LogP contribution in [0.1, 0.15) is 76.0 Å². The molecule has 202 valence electrons. The number of carboxylic acids is 1. The van der Waals surface area contributed by atoms with Crippen molar-refractivity contribution in [3.05, 3.63) is 59.2 Å². The van der Waals surface area contributed by atoms with Gasteiger partial charge in [0.2, 0.25) is 0 Å². The molecule has 1 atom stereocenters. The maximum absolute atomic E-state index is 14.3. The van der Waals surface area contributed by atoms with Gasteiger partial charge in [0, 0.05) is 17.9 Å². The van der Waals surface area contributed by atoms with Crippen LogP contribution in [0, 0.1) is 18.3 Å². The van der Waals surface area contributed by atoms with Crippen LogP contribution in [0.4, 0.5) is 4.39 Å². The Balaban J connectivity index is 1.79. The van der Waals surface area contributed by atoms with Gasteiger partial charge in [-0.05, 0) is 89.5 Å². The summed E-state index contributed by atoms with van der Waals surface area (Å²) in [7, 11) is 0. The molecule has 2 aromatic carbocycles. The molecular weight excluding hydrogens is 471 g/mol. The van der Waals surface area contributed by atoms with E-state index in [0.717, 1.165) is 41.9 Å². The van der Waals surface area contributed by atoms with Crippen LogP contribution in [0.15, 0.2) is 42.5 Å². The largest absolute Gasteiger partial charge is 0.493 e. The molecule has 6 heteroatoms. The van der Waals surface area contributed by atoms with Crippen molar-refractivity contribution in [1.29, 1.82) is 0 Å². The zero-order chi connectivity index (χ0) is 27.1. The monoisotopic (exact) mass is 512 g/mol. The fourth-order valence-electron chi connectivity index (χ4n) is 5.66. The molecular formula is C31H41FO5. The third-order valence-electron chi connectivity index (χ3n) is 7.40. The van der Waals surface area contributed by atoms with Crippen molar-refractivity contribution in [2.45, 2.75) is 84.7 Å². The number of rotatable bonds is 15. The number of unbranched alkanes of at least 4 members (excludes halogenated alkanes) is 1. The molecule has 1 fully saturated rings. The fraction of sp³-hybridized carbons (Fsp3) is 0.548. The number of aryl methyl sites for hydroxylation is 1. The molecule has 1 saturated carbocycles. The molecule has 0 bridgehead atoms. The predicted octanol–water partition coefficient (Wildman–Crippen LogP) is 6.92. The summed E-state index contributed by atoms with van der Waals surface area (Å²) in [5.74, 6) is -0.0773. The lowest BCUT2D eigenvalue weighted by Crippen LogP contribution is -2.53. The van der Waals surface area contributed by atoms with E-state index in [9.17, 15) is 19.1 Å². The zero-order valence-corrected chi connectivity index (χ0v) is 22.6. The summed E-state index contributed by atoms with van der Waals surface area (Å²) < 4.78 is 26.0. The lowest BCUT2D eigenvalue weighted by atomic mass is 9.58. The molecule has 0 aromatic heterocycles. The van der Waals surface area contributed by atoms with E-state index in [0.29, 0.717) is 26.1 Å². The number of ether oxygens (including phenoxy) is 2. The molecule has 0 saturated heterocycles. The number of ketones is 1. The quantitative estimate of drug-likeness (QED) is 0.262. The second-order valence-corrected chi connectivity index (χ2v) is 10.7. The van der Waals surface area contributed by atoms with Gasteiger partial charge in [0.1, 0.15) is 23.0 Å². The first kappa shape index (κ1) is 28.7. The fourth-order valence-corrected chi connectivity index (χ4v) is 5.66. The van der Waals surface area contributed by atoms with Gasteiger partial charge in [-0.25, -0.2) is 4.39 Å². The number of carbonyl (C=O) groups is 2. The molecule has 2 aromatic rings. The Morgan fingerprint density at radius 3 is 2.11 bits per heavy atom. The molecule has 0 heterocycles. The normalized spacial score (nSPS) is 21.6. The number of alkyl halides is 1. The molecule has 1 aliphatic rings. The van der Waals surface area contributed by atoms with Crippen LogP contribution in [0.3, 0.4) is 0 Å². The number of carboxylic acid groups (broad SMARTS) is 1. The molecule has 0 amide bonds. The molecule has 0 spiro atoms. The van der Waals surface area contributed by atoms with Crippen LogP contribution >= 0.6 is 0 Å². The highest BCUT2D eigenvalue weighted by molar-refractivity contribution is 5.88. The van der Waals surface area contributed by atoms with Crippen molar-refractivity contribution >= 4 is 11.8 Å². The van der Waals surface area contributed by atoms with Crippen LogP contribution in [0.2, 0.25) is 0 Å². The Morgan fingerprint density at radius 1 is 1.00 bits per heavy atom. The highest BCUT2D eigenvalue weighted by atomic mass is 19.1. The van der Waals surface area contributed by atoms with Gasteiger partial charge in [-0.1, -0.05) is 36.8 Å². The predicted molar refractivity (Wildman–Crippen MR) is 143 cm³/mol. The van der Waals surface area contributed by atoms with E-state index >= 15 is 0 Å². The van der Waals surface area contributed by atoms with Crippen molar-refractivity contribution in [2.24, 2.45) is 11.3 Å². The second kappa shape index (κ2) is 12.6. The van der Waals surface area contributed by atoms with Crippen molar-refractivity contribution in [3.63, 3.8) is 0 Å². The van der Waals surface area contributed by atoms with E-state index in [4.69, 9.17) is 9.47 Å². The van der Waals surface area contributed by atoms with Gasteiger partial charge in [-0.3, -0.25) is 9.59 Å². The van der Waals surface area contributed by atoms with Crippen molar-refractivity contribution in [1.82, 2.24) is 0 Å². The molecule has 3 rings (SSSR count). The minimum atomic E-state index is -1.53. The number of Topliss-reactive ketones (excluding diaryl/α,β-unsaturated/α-hetero) is 1. The molecule has 0 radical (unpaired) electrons. The molecule has 5 nitrogen and oxygen atoms in total. The summed E-state index contributed by atoms with van der Waals surface area (Å²) in [5, 5.41) is 9.85. The van der Waals surface area contributed by atoms with Crippen molar-refractivity contribution in [2.75, 3.05) is 13.2 Å². The Morgan fingerprint density at radius 2 is 1.59 bits per heavy atom. The van der Waals surface area contributed by atoms with Crippen LogP contribution in [-0.2, 0) is 22.4 Å². The van der Waals surface area contributed by atoms with Gasteiger partial charge in [0.15, 0.2) is 0 Å². The minimum absolute atomic E-state index is 0.103. The summed E-state index contributed by atoms with van der Waals surface area (Å²) >= 11 is 0. The molecule has 1 unspecified atom stereocenters. The van der Waals surface area contributed by atoms with Crippen molar-refractivity contribution in [3.8, 4) is 11.5 Å². The lowest BCUT2D eigenvalue weighted by molar-refractivity contribution is -0.170. The zero-order valence-electron chi connectivity index (χ0n) is 22.6. The first-order chi connectivity index (χ1) is 17.6. The van der Waals surface area contributed by atoms with E-state index in [-0.39, 0.29) is 31.0 Å². The van der Waals surface area contributed by atoms with E-state index in [2.05, 4.69) is 12.1 Å². The van der Waals surface area contributed by atoms with Gasteiger partial charge < -0.3 is 14.6 Å². The topological polar surface area (TPSA) is 72.8 Å². The van der Waals surface area contributed by atoms with Crippen LogP contribution in [0.25, 0.3) is 0 Å². The van der Waals surface area contributed by atoms with Gasteiger partial charge in [-0.15, -0.1) is 0 Å². The SMILES string of the molecule is CCOc1cc(CC(CCCCc2ccccc2)C(=O)CC2(C(=O)O)CC(C)(F)C2)cc(OCC)c1C. The van der Waals surface area contributed by atoms with Crippen LogP contribution in [-0.4, -0.2) is 35.7 Å². The lowest BCUT2D eigenvalue weighted by Gasteiger charge is -2.47. The summed E-state index contributed by atoms with van der Waals surface area (Å²) in [6, 6.07) is 14.2. The average molecular weight is 513 g/mol. The smallest absolute Gasteiger partial charge is 0.310 e. The number of aliphatic carboxylic acids is 1. The van der Waals surface area contributed by atoms with Crippen molar-refractivity contribution < 1.29 is 28.6 Å². The Labute approximate surface area is 220 Å². The summed E-state index contributed by atoms with van der Waals surface area (Å²) in [5.41, 5.74) is 0.267. The number of carbonyl (C=O) groups excluding carboxylic acids is 1. The van der Waals surface area contributed by atoms with Gasteiger partial charge in [-0.2, -0.15) is 0 Å². The Bertz CT molecular complexity index is 1030. The third kappa shape index (κ3) is 7.56. The third-order valence-corrected chi connectivity index (χ3v) is 7.40. The van der Waals surface area contributed by atoms with E-state index < -0.39 is 17.1 Å². The summed E-state index contributed by atoms with van der Waals surface area (Å²) in [6.07, 6.45) is 3.45. The van der Waals surface area contributed by atoms with E-state index in [1.807, 2.05) is 51.1 Å². The minimum Gasteiger partial charge on any atom is -0.493 e. The molecule has 1 N–H and O–H groups in total. The molecule has 1 aliphatic carbocycles. The van der Waals surface area contributed by atoms with Crippen LogP contribution < -0.4 is 9.47 Å². The number of hydrogen-bond acceptors (Lipinski definition) is 4. The maximum atomic E-state index is 14.3. The first-order valence-electron chi connectivity index (χ1n) is 13.5. The highest BCUT2D eigenvalue weighted by Gasteiger charge is 2.58. The maximum Gasteiger partial charge on any atom is 0.310 e. The Hall–Kier alpha value is -2.89. The van der Waals surface area contributed by atoms with Gasteiger partial charge in [0.25, 0.3) is 0 Å². The highest BCUT2D eigenvalue weighted by Crippen LogP contribution is 2.53. The first-order valence-corrected chi connectivity index (χ1v) is 13.5. The molecule has 37 heavy (non-hydrogen) atoms. The van der Waals surface area contributed by atoms with E-state index in [1.165, 1.54) is 12.5 Å². The van der Waals surface area contributed by atoms with E-state index in [1.54, 1.807) is 0 Å². The second-order valence-electron chi connectivity index (χ2n) is 10.7.